The maximum atomic E-state index is 11.2. The third-order valence-electron chi connectivity index (χ3n) is 3.86. The standard InChI is InChI=1S/C20H23BrO4/c1-2-7-16(25-14-15-8-3-5-10-18(15)21)12-13-24-19-11-6-4-9-17(19)20(22)23/h3-6,8-11,16H,2,7,12-14H2,1H3,(H,22,23). The molecule has 2 aromatic carbocycles. The number of ether oxygens (including phenoxy) is 2. The number of halogens is 1. The Morgan fingerprint density at radius 3 is 2.56 bits per heavy atom. The van der Waals surface area contributed by atoms with Crippen molar-refractivity contribution in [2.45, 2.75) is 38.9 Å². The van der Waals surface area contributed by atoms with E-state index in [0.29, 0.717) is 25.4 Å². The van der Waals surface area contributed by atoms with E-state index in [9.17, 15) is 9.90 Å². The number of rotatable bonds is 10. The SMILES string of the molecule is CCCC(CCOc1ccccc1C(=O)O)OCc1ccccc1Br. The van der Waals surface area contributed by atoms with Crippen LogP contribution in [0.1, 0.15) is 42.1 Å². The lowest BCUT2D eigenvalue weighted by atomic mass is 10.1. The normalized spacial score (nSPS) is 11.9. The number of hydrogen-bond acceptors (Lipinski definition) is 3. The third kappa shape index (κ3) is 6.18. The maximum Gasteiger partial charge on any atom is 0.339 e. The summed E-state index contributed by atoms with van der Waals surface area (Å²) in [6.07, 6.45) is 2.75. The van der Waals surface area contributed by atoms with E-state index in [1.54, 1.807) is 24.3 Å². The van der Waals surface area contributed by atoms with Crippen molar-refractivity contribution in [3.8, 4) is 5.75 Å². The number of aromatic carboxylic acids is 1. The van der Waals surface area contributed by atoms with Gasteiger partial charge < -0.3 is 14.6 Å². The molecule has 0 amide bonds. The highest BCUT2D eigenvalue weighted by molar-refractivity contribution is 9.10. The van der Waals surface area contributed by atoms with Crippen LogP contribution in [-0.4, -0.2) is 23.8 Å². The lowest BCUT2D eigenvalue weighted by molar-refractivity contribution is 0.0204. The molecule has 0 aliphatic heterocycles. The molecule has 25 heavy (non-hydrogen) atoms. The highest BCUT2D eigenvalue weighted by Crippen LogP contribution is 2.21. The van der Waals surface area contributed by atoms with E-state index < -0.39 is 5.97 Å². The molecule has 134 valence electrons. The van der Waals surface area contributed by atoms with E-state index in [4.69, 9.17) is 9.47 Å². The van der Waals surface area contributed by atoms with Crippen molar-refractivity contribution in [2.24, 2.45) is 0 Å². The Labute approximate surface area is 156 Å². The van der Waals surface area contributed by atoms with E-state index in [2.05, 4.69) is 22.9 Å². The summed E-state index contributed by atoms with van der Waals surface area (Å²) >= 11 is 3.53. The van der Waals surface area contributed by atoms with Gasteiger partial charge in [0.2, 0.25) is 0 Å². The van der Waals surface area contributed by atoms with Crippen LogP contribution >= 0.6 is 15.9 Å². The number of hydrogen-bond donors (Lipinski definition) is 1. The Morgan fingerprint density at radius 1 is 1.12 bits per heavy atom. The molecule has 2 rings (SSSR count). The van der Waals surface area contributed by atoms with Gasteiger partial charge in [0, 0.05) is 10.9 Å². The first-order valence-corrected chi connectivity index (χ1v) is 9.21. The van der Waals surface area contributed by atoms with Crippen molar-refractivity contribution in [2.75, 3.05) is 6.61 Å². The maximum absolute atomic E-state index is 11.2. The highest BCUT2D eigenvalue weighted by Gasteiger charge is 2.13. The summed E-state index contributed by atoms with van der Waals surface area (Å²) in [4.78, 5) is 11.2. The van der Waals surface area contributed by atoms with Crippen molar-refractivity contribution < 1.29 is 19.4 Å². The summed E-state index contributed by atoms with van der Waals surface area (Å²) in [5.41, 5.74) is 1.30. The van der Waals surface area contributed by atoms with Gasteiger partial charge in [0.25, 0.3) is 0 Å². The molecule has 1 atom stereocenters. The van der Waals surface area contributed by atoms with Crippen LogP contribution in [-0.2, 0) is 11.3 Å². The van der Waals surface area contributed by atoms with Gasteiger partial charge in [-0.15, -0.1) is 0 Å². The van der Waals surface area contributed by atoms with Crippen molar-refractivity contribution in [1.29, 1.82) is 0 Å². The second-order valence-corrected chi connectivity index (χ2v) is 6.61. The number of carboxylic acids is 1. The molecule has 0 heterocycles. The molecule has 0 saturated carbocycles. The second kappa shape index (κ2) is 10.2. The van der Waals surface area contributed by atoms with E-state index in [1.165, 1.54) is 0 Å². The third-order valence-corrected chi connectivity index (χ3v) is 4.63. The van der Waals surface area contributed by atoms with Gasteiger partial charge in [0.1, 0.15) is 11.3 Å². The van der Waals surface area contributed by atoms with Crippen molar-refractivity contribution in [3.63, 3.8) is 0 Å². The first-order valence-electron chi connectivity index (χ1n) is 8.42. The summed E-state index contributed by atoms with van der Waals surface area (Å²) in [6, 6.07) is 14.7. The van der Waals surface area contributed by atoms with Crippen LogP contribution in [0.4, 0.5) is 0 Å². The predicted molar refractivity (Wildman–Crippen MR) is 101 cm³/mol. The predicted octanol–water partition coefficient (Wildman–Crippen LogP) is 5.30. The Morgan fingerprint density at radius 2 is 1.84 bits per heavy atom. The van der Waals surface area contributed by atoms with Crippen molar-refractivity contribution in [1.82, 2.24) is 0 Å². The molecule has 5 heteroatoms. The van der Waals surface area contributed by atoms with Gasteiger partial charge in [0.15, 0.2) is 0 Å². The van der Waals surface area contributed by atoms with Crippen LogP contribution in [0.2, 0.25) is 0 Å². The Balaban J connectivity index is 1.87. The van der Waals surface area contributed by atoms with Crippen LogP contribution < -0.4 is 4.74 Å². The Hall–Kier alpha value is -1.85. The number of benzene rings is 2. The molecule has 1 unspecified atom stereocenters. The molecule has 4 nitrogen and oxygen atoms in total. The molecular formula is C20H23BrO4. The fraction of sp³-hybridized carbons (Fsp3) is 0.350. The van der Waals surface area contributed by atoms with Crippen molar-refractivity contribution in [3.05, 3.63) is 64.1 Å². The number of carboxylic acid groups (broad SMARTS) is 1. The Bertz CT molecular complexity index is 687. The molecule has 0 saturated heterocycles. The van der Waals surface area contributed by atoms with Gasteiger partial charge in [-0.3, -0.25) is 0 Å². The van der Waals surface area contributed by atoms with Crippen LogP contribution in [0.25, 0.3) is 0 Å². The molecule has 2 aromatic rings. The largest absolute Gasteiger partial charge is 0.493 e. The zero-order valence-electron chi connectivity index (χ0n) is 14.3. The van der Waals surface area contributed by atoms with Crippen LogP contribution in [0, 0.1) is 0 Å². The minimum atomic E-state index is -0.981. The first-order chi connectivity index (χ1) is 12.1. The quantitative estimate of drug-likeness (QED) is 0.581. The molecule has 0 aliphatic rings. The van der Waals surface area contributed by atoms with Gasteiger partial charge in [0.05, 0.1) is 19.3 Å². The first kappa shape index (κ1) is 19.5. The van der Waals surface area contributed by atoms with E-state index in [0.717, 1.165) is 22.9 Å². The molecule has 0 bridgehead atoms. The van der Waals surface area contributed by atoms with Gasteiger partial charge in [-0.2, -0.15) is 0 Å². The molecule has 0 radical (unpaired) electrons. The zero-order valence-corrected chi connectivity index (χ0v) is 15.9. The summed E-state index contributed by atoms with van der Waals surface area (Å²) < 4.78 is 12.8. The van der Waals surface area contributed by atoms with E-state index in [-0.39, 0.29) is 11.7 Å². The minimum absolute atomic E-state index is 0.0779. The minimum Gasteiger partial charge on any atom is -0.493 e. The lowest BCUT2D eigenvalue weighted by Crippen LogP contribution is -2.17. The summed E-state index contributed by atoms with van der Waals surface area (Å²) in [6.45, 7) is 3.08. The van der Waals surface area contributed by atoms with Crippen LogP contribution in [0.15, 0.2) is 53.0 Å². The molecule has 0 aliphatic carbocycles. The van der Waals surface area contributed by atoms with Gasteiger partial charge >= 0.3 is 5.97 Å². The fourth-order valence-corrected chi connectivity index (χ4v) is 2.92. The highest BCUT2D eigenvalue weighted by atomic mass is 79.9. The molecule has 1 N–H and O–H groups in total. The molecule has 0 spiro atoms. The van der Waals surface area contributed by atoms with E-state index in [1.807, 2.05) is 24.3 Å². The molecular weight excluding hydrogens is 384 g/mol. The monoisotopic (exact) mass is 406 g/mol. The van der Waals surface area contributed by atoms with Crippen LogP contribution in [0.3, 0.4) is 0 Å². The van der Waals surface area contributed by atoms with Gasteiger partial charge in [-0.05, 0) is 30.2 Å². The van der Waals surface area contributed by atoms with Gasteiger partial charge in [-0.1, -0.05) is 59.6 Å². The average molecular weight is 407 g/mol. The molecule has 0 fully saturated rings. The molecule has 0 aromatic heterocycles. The zero-order chi connectivity index (χ0) is 18.1. The van der Waals surface area contributed by atoms with Crippen LogP contribution in [0.5, 0.6) is 5.75 Å². The summed E-state index contributed by atoms with van der Waals surface area (Å²) in [7, 11) is 0. The average Bonchev–Trinajstić information content (AvgIpc) is 2.61. The Kier molecular flexibility index (Phi) is 7.95. The number of carbonyl (C=O) groups is 1. The second-order valence-electron chi connectivity index (χ2n) is 5.75. The fourth-order valence-electron chi connectivity index (χ4n) is 2.53. The lowest BCUT2D eigenvalue weighted by Gasteiger charge is -2.18. The van der Waals surface area contributed by atoms with Crippen molar-refractivity contribution >= 4 is 21.9 Å². The topological polar surface area (TPSA) is 55.8 Å². The smallest absolute Gasteiger partial charge is 0.339 e. The summed E-state index contributed by atoms with van der Waals surface area (Å²) in [5, 5.41) is 9.19. The van der Waals surface area contributed by atoms with Gasteiger partial charge in [-0.25, -0.2) is 4.79 Å². The summed E-state index contributed by atoms with van der Waals surface area (Å²) in [5.74, 6) is -0.582. The van der Waals surface area contributed by atoms with E-state index >= 15 is 0 Å². The number of para-hydroxylation sites is 1.